The second-order valence-electron chi connectivity index (χ2n) is 3.96. The van der Waals surface area contributed by atoms with Crippen molar-refractivity contribution in [2.45, 2.75) is 18.1 Å². The molecule has 0 fully saturated rings. The first-order valence-corrected chi connectivity index (χ1v) is 7.09. The van der Waals surface area contributed by atoms with E-state index < -0.39 is 0 Å². The molecule has 1 heterocycles. The molecule has 0 unspecified atom stereocenters. The number of aromatic nitrogens is 1. The maximum absolute atomic E-state index is 11.8. The van der Waals surface area contributed by atoms with Crippen LogP contribution >= 0.6 is 11.8 Å². The van der Waals surface area contributed by atoms with E-state index in [1.165, 1.54) is 18.0 Å². The van der Waals surface area contributed by atoms with Crippen molar-refractivity contribution in [1.82, 2.24) is 4.98 Å². The molecular formula is C14H13N3O2S. The summed E-state index contributed by atoms with van der Waals surface area (Å²) in [6.07, 6.45) is 4.22. The zero-order valence-electron chi connectivity index (χ0n) is 10.7. The van der Waals surface area contributed by atoms with Gasteiger partial charge in [-0.2, -0.15) is 5.26 Å². The van der Waals surface area contributed by atoms with Gasteiger partial charge in [-0.1, -0.05) is 23.9 Å². The zero-order chi connectivity index (χ0) is 14.2. The molecule has 1 aromatic heterocycles. The summed E-state index contributed by atoms with van der Waals surface area (Å²) in [5, 5.41) is 12.3. The van der Waals surface area contributed by atoms with E-state index in [0.717, 1.165) is 5.75 Å². The fourth-order valence-corrected chi connectivity index (χ4v) is 2.30. The Morgan fingerprint density at radius 2 is 2.30 bits per heavy atom. The lowest BCUT2D eigenvalue weighted by atomic mass is 10.2. The van der Waals surface area contributed by atoms with E-state index in [4.69, 9.17) is 9.68 Å². The predicted molar refractivity (Wildman–Crippen MR) is 76.2 cm³/mol. The summed E-state index contributed by atoms with van der Waals surface area (Å²) in [5.74, 6) is 0.661. The summed E-state index contributed by atoms with van der Waals surface area (Å²) < 4.78 is 5.08. The Morgan fingerprint density at radius 3 is 3.05 bits per heavy atom. The van der Waals surface area contributed by atoms with Crippen molar-refractivity contribution in [2.24, 2.45) is 0 Å². The van der Waals surface area contributed by atoms with Crippen molar-refractivity contribution in [2.75, 3.05) is 11.1 Å². The van der Waals surface area contributed by atoms with Gasteiger partial charge in [-0.15, -0.1) is 0 Å². The number of carbonyl (C=O) groups is 1. The Bertz CT molecular complexity index is 605. The Morgan fingerprint density at radius 1 is 1.45 bits per heavy atom. The molecule has 2 rings (SSSR count). The van der Waals surface area contributed by atoms with Crippen LogP contribution in [0.1, 0.15) is 18.4 Å². The van der Waals surface area contributed by atoms with E-state index in [0.29, 0.717) is 29.3 Å². The second-order valence-corrected chi connectivity index (χ2v) is 5.00. The lowest BCUT2D eigenvalue weighted by Gasteiger charge is -2.06. The Labute approximate surface area is 121 Å². The molecule has 1 amide bonds. The van der Waals surface area contributed by atoms with Crippen LogP contribution in [0.4, 0.5) is 5.69 Å². The molecule has 6 heteroatoms. The van der Waals surface area contributed by atoms with E-state index in [9.17, 15) is 4.79 Å². The van der Waals surface area contributed by atoms with Gasteiger partial charge in [0.15, 0.2) is 0 Å². The third-order valence-corrected chi connectivity index (χ3v) is 3.45. The van der Waals surface area contributed by atoms with Gasteiger partial charge in [0.05, 0.1) is 17.4 Å². The molecule has 102 valence electrons. The highest BCUT2D eigenvalue weighted by Gasteiger charge is 2.06. The predicted octanol–water partition coefficient (Wildman–Crippen LogP) is 3.06. The molecule has 1 aromatic carbocycles. The van der Waals surface area contributed by atoms with Crippen LogP contribution in [0.5, 0.6) is 0 Å². The van der Waals surface area contributed by atoms with Gasteiger partial charge >= 0.3 is 0 Å². The lowest BCUT2D eigenvalue weighted by Crippen LogP contribution is -2.12. The van der Waals surface area contributed by atoms with Gasteiger partial charge in [-0.25, -0.2) is 4.98 Å². The summed E-state index contributed by atoms with van der Waals surface area (Å²) in [6, 6.07) is 8.99. The molecular weight excluding hydrogens is 274 g/mol. The first-order chi connectivity index (χ1) is 9.79. The van der Waals surface area contributed by atoms with Crippen LogP contribution in [0.3, 0.4) is 0 Å². The summed E-state index contributed by atoms with van der Waals surface area (Å²) >= 11 is 1.47. The number of anilines is 1. The number of amides is 1. The molecule has 0 radical (unpaired) electrons. The van der Waals surface area contributed by atoms with Crippen molar-refractivity contribution >= 4 is 23.4 Å². The number of rotatable bonds is 6. The molecule has 0 aliphatic heterocycles. The third kappa shape index (κ3) is 4.14. The van der Waals surface area contributed by atoms with Crippen molar-refractivity contribution < 1.29 is 9.21 Å². The minimum Gasteiger partial charge on any atom is -0.440 e. The summed E-state index contributed by atoms with van der Waals surface area (Å²) in [4.78, 5) is 15.8. The highest BCUT2D eigenvalue weighted by atomic mass is 32.2. The van der Waals surface area contributed by atoms with Gasteiger partial charge in [0.25, 0.3) is 5.22 Å². The maximum Gasteiger partial charge on any atom is 0.255 e. The molecule has 0 aliphatic rings. The van der Waals surface area contributed by atoms with Gasteiger partial charge < -0.3 is 9.73 Å². The Hall–Kier alpha value is -2.26. The van der Waals surface area contributed by atoms with Crippen molar-refractivity contribution in [3.05, 3.63) is 42.3 Å². The molecule has 0 saturated carbocycles. The lowest BCUT2D eigenvalue weighted by molar-refractivity contribution is -0.116. The van der Waals surface area contributed by atoms with Crippen LogP contribution in [0.2, 0.25) is 0 Å². The monoisotopic (exact) mass is 287 g/mol. The number of hydrogen-bond acceptors (Lipinski definition) is 5. The fourth-order valence-electron chi connectivity index (χ4n) is 1.58. The van der Waals surface area contributed by atoms with Crippen LogP contribution in [-0.4, -0.2) is 16.6 Å². The largest absolute Gasteiger partial charge is 0.440 e. The number of hydrogen-bond donors (Lipinski definition) is 1. The molecule has 5 nitrogen and oxygen atoms in total. The van der Waals surface area contributed by atoms with Crippen LogP contribution in [0, 0.1) is 11.3 Å². The molecule has 0 bridgehead atoms. The van der Waals surface area contributed by atoms with E-state index >= 15 is 0 Å². The number of thioether (sulfide) groups is 1. The average Bonchev–Trinajstić information content (AvgIpc) is 2.97. The average molecular weight is 287 g/mol. The first-order valence-electron chi connectivity index (χ1n) is 6.11. The maximum atomic E-state index is 11.8. The van der Waals surface area contributed by atoms with E-state index in [-0.39, 0.29) is 5.91 Å². The van der Waals surface area contributed by atoms with Crippen LogP contribution in [-0.2, 0) is 4.79 Å². The third-order valence-electron chi connectivity index (χ3n) is 2.50. The quantitative estimate of drug-likeness (QED) is 0.652. The summed E-state index contributed by atoms with van der Waals surface area (Å²) in [5.41, 5.74) is 1.02. The van der Waals surface area contributed by atoms with Crippen LogP contribution < -0.4 is 5.32 Å². The minimum absolute atomic E-state index is 0.0966. The van der Waals surface area contributed by atoms with E-state index in [1.807, 2.05) is 6.07 Å². The fraction of sp³-hybridized carbons (Fsp3) is 0.214. The zero-order valence-corrected chi connectivity index (χ0v) is 11.5. The van der Waals surface area contributed by atoms with Crippen molar-refractivity contribution in [3.8, 4) is 6.07 Å². The van der Waals surface area contributed by atoms with Gasteiger partial charge in [-0.3, -0.25) is 4.79 Å². The molecule has 2 aromatic rings. The highest BCUT2D eigenvalue weighted by Crippen LogP contribution is 2.17. The van der Waals surface area contributed by atoms with E-state index in [2.05, 4.69) is 10.3 Å². The second kappa shape index (κ2) is 7.36. The smallest absolute Gasteiger partial charge is 0.255 e. The number of carbonyl (C=O) groups excluding carboxylic acids is 1. The van der Waals surface area contributed by atoms with Crippen LogP contribution in [0.15, 0.2) is 46.4 Å². The summed E-state index contributed by atoms with van der Waals surface area (Å²) in [6.45, 7) is 0. The Balaban J connectivity index is 1.74. The van der Waals surface area contributed by atoms with Crippen molar-refractivity contribution in [1.29, 1.82) is 5.26 Å². The molecule has 0 aliphatic carbocycles. The number of nitrogens with one attached hydrogen (secondary N) is 1. The van der Waals surface area contributed by atoms with Crippen LogP contribution in [0.25, 0.3) is 0 Å². The van der Waals surface area contributed by atoms with Crippen molar-refractivity contribution in [3.63, 3.8) is 0 Å². The molecule has 20 heavy (non-hydrogen) atoms. The van der Waals surface area contributed by atoms with Gasteiger partial charge in [0.2, 0.25) is 5.91 Å². The minimum atomic E-state index is -0.0966. The van der Waals surface area contributed by atoms with Gasteiger partial charge in [0, 0.05) is 12.2 Å². The standard InChI is InChI=1S/C14H13N3O2S/c15-10-11-4-1-2-5-12(11)17-13(18)6-3-9-20-14-16-7-8-19-14/h1-2,4-5,7-8H,3,6,9H2,(H,17,18). The topological polar surface area (TPSA) is 78.9 Å². The number of oxazole rings is 1. The highest BCUT2D eigenvalue weighted by molar-refractivity contribution is 7.99. The number of nitrogens with zero attached hydrogens (tertiary/aromatic N) is 2. The number of benzene rings is 1. The number of nitriles is 1. The molecule has 0 atom stereocenters. The first kappa shape index (κ1) is 14.2. The molecule has 0 spiro atoms. The van der Waals surface area contributed by atoms with E-state index in [1.54, 1.807) is 30.5 Å². The van der Waals surface area contributed by atoms with Gasteiger partial charge in [0.1, 0.15) is 12.3 Å². The Kier molecular flexibility index (Phi) is 5.21. The molecule has 0 saturated heterocycles. The summed E-state index contributed by atoms with van der Waals surface area (Å²) in [7, 11) is 0. The normalized spacial score (nSPS) is 9.95. The number of para-hydroxylation sites is 1. The molecule has 1 N–H and O–H groups in total. The SMILES string of the molecule is N#Cc1ccccc1NC(=O)CCCSc1ncco1. The van der Waals surface area contributed by atoms with Gasteiger partial charge in [-0.05, 0) is 18.6 Å².